The number of carbonyl (C=O) groups excluding carboxylic acids is 2. The number of benzene rings is 1. The van der Waals surface area contributed by atoms with Gasteiger partial charge in [0.15, 0.2) is 0 Å². The summed E-state index contributed by atoms with van der Waals surface area (Å²) in [6.07, 6.45) is 0. The van der Waals surface area contributed by atoms with Crippen molar-refractivity contribution in [1.82, 2.24) is 10.2 Å². The average molecular weight is 291 g/mol. The maximum Gasteiger partial charge on any atom is 0.255 e. The second kappa shape index (κ2) is 6.13. The maximum absolute atomic E-state index is 12.7. The fourth-order valence-electron chi connectivity index (χ4n) is 2.48. The number of nitrogens with two attached hydrogens (primary N) is 1. The molecule has 2 rings (SSSR count). The van der Waals surface area contributed by atoms with Crippen molar-refractivity contribution in [3.63, 3.8) is 0 Å². The summed E-state index contributed by atoms with van der Waals surface area (Å²) in [7, 11) is 1.55. The third-order valence-electron chi connectivity index (χ3n) is 3.78. The highest BCUT2D eigenvalue weighted by Gasteiger charge is 2.33. The van der Waals surface area contributed by atoms with Crippen molar-refractivity contribution >= 4 is 17.5 Å². The van der Waals surface area contributed by atoms with Crippen molar-refractivity contribution in [2.24, 2.45) is 0 Å². The summed E-state index contributed by atoms with van der Waals surface area (Å²) in [6.45, 7) is 4.81. The lowest BCUT2D eigenvalue weighted by atomic mass is 10.0. The Balaban J connectivity index is 2.33. The molecule has 0 aromatic heterocycles. The maximum atomic E-state index is 12.7. The molecule has 1 fully saturated rings. The topological polar surface area (TPSA) is 84.7 Å². The molecule has 1 aromatic carbocycles. The summed E-state index contributed by atoms with van der Waals surface area (Å²) in [6, 6.07) is 2.97. The second-order valence-corrected chi connectivity index (χ2v) is 5.23. The van der Waals surface area contributed by atoms with Crippen molar-refractivity contribution in [3.05, 3.63) is 28.8 Å². The molecule has 1 atom stereocenters. The van der Waals surface area contributed by atoms with Gasteiger partial charge in [-0.3, -0.25) is 9.59 Å². The van der Waals surface area contributed by atoms with Gasteiger partial charge in [-0.1, -0.05) is 6.07 Å². The highest BCUT2D eigenvalue weighted by atomic mass is 16.5. The molecule has 6 nitrogen and oxygen atoms in total. The summed E-state index contributed by atoms with van der Waals surface area (Å²) < 4.78 is 5.32. The van der Waals surface area contributed by atoms with E-state index in [2.05, 4.69) is 5.32 Å². The zero-order valence-corrected chi connectivity index (χ0v) is 12.6. The van der Waals surface area contributed by atoms with Crippen LogP contribution in [0.5, 0.6) is 0 Å². The minimum absolute atomic E-state index is 0.184. The first-order valence-electron chi connectivity index (χ1n) is 6.92. The van der Waals surface area contributed by atoms with Crippen molar-refractivity contribution in [2.75, 3.05) is 32.5 Å². The Bertz CT molecular complexity index is 572. The number of carbonyl (C=O) groups is 2. The van der Waals surface area contributed by atoms with Crippen molar-refractivity contribution in [2.45, 2.75) is 19.9 Å². The summed E-state index contributed by atoms with van der Waals surface area (Å²) in [5.41, 5.74) is 8.81. The van der Waals surface area contributed by atoms with Crippen LogP contribution in [-0.2, 0) is 9.53 Å². The van der Waals surface area contributed by atoms with E-state index >= 15 is 0 Å². The highest BCUT2D eigenvalue weighted by Crippen LogP contribution is 2.21. The Morgan fingerprint density at radius 3 is 2.71 bits per heavy atom. The Morgan fingerprint density at radius 1 is 1.33 bits per heavy atom. The van der Waals surface area contributed by atoms with E-state index in [-0.39, 0.29) is 18.4 Å². The van der Waals surface area contributed by atoms with E-state index < -0.39 is 6.04 Å². The smallest absolute Gasteiger partial charge is 0.255 e. The number of anilines is 1. The van der Waals surface area contributed by atoms with E-state index in [9.17, 15) is 9.59 Å². The number of amides is 2. The van der Waals surface area contributed by atoms with Crippen LogP contribution in [0.1, 0.15) is 21.5 Å². The van der Waals surface area contributed by atoms with Crippen molar-refractivity contribution < 1.29 is 14.3 Å². The van der Waals surface area contributed by atoms with Crippen molar-refractivity contribution in [3.8, 4) is 0 Å². The lowest BCUT2D eigenvalue weighted by Crippen LogP contribution is -2.55. The van der Waals surface area contributed by atoms with Gasteiger partial charge in [-0.15, -0.1) is 0 Å². The Morgan fingerprint density at radius 2 is 2.05 bits per heavy atom. The van der Waals surface area contributed by atoms with E-state index in [1.165, 1.54) is 0 Å². The third-order valence-corrected chi connectivity index (χ3v) is 3.78. The predicted octanol–water partition coefficient (Wildman–Crippen LogP) is 0.473. The molecule has 1 aliphatic heterocycles. The molecule has 0 spiro atoms. The SMILES string of the molecule is CNC(=O)C1COCCN1C(=O)c1cc(N)c(C)cc1C. The molecule has 114 valence electrons. The van der Waals surface area contributed by atoms with Crippen LogP contribution in [0.3, 0.4) is 0 Å². The average Bonchev–Trinajstić information content (AvgIpc) is 2.49. The number of nitrogens with zero attached hydrogens (tertiary/aromatic N) is 1. The standard InChI is InChI=1S/C15H21N3O3/c1-9-6-10(2)12(16)7-11(9)15(20)18-4-5-21-8-13(18)14(19)17-3/h6-7,13H,4-5,8,16H2,1-3H3,(H,17,19). The van der Waals surface area contributed by atoms with Gasteiger partial charge >= 0.3 is 0 Å². The molecule has 1 aliphatic rings. The van der Waals surface area contributed by atoms with E-state index in [0.29, 0.717) is 24.4 Å². The van der Waals surface area contributed by atoms with Gasteiger partial charge in [0.2, 0.25) is 5.91 Å². The lowest BCUT2D eigenvalue weighted by Gasteiger charge is -2.34. The van der Waals surface area contributed by atoms with Gasteiger partial charge in [-0.2, -0.15) is 0 Å². The van der Waals surface area contributed by atoms with Crippen LogP contribution in [0.25, 0.3) is 0 Å². The molecular weight excluding hydrogens is 270 g/mol. The molecule has 0 bridgehead atoms. The van der Waals surface area contributed by atoms with E-state index in [1.807, 2.05) is 19.9 Å². The zero-order chi connectivity index (χ0) is 15.6. The summed E-state index contributed by atoms with van der Waals surface area (Å²) >= 11 is 0. The van der Waals surface area contributed by atoms with Crippen LogP contribution in [0.15, 0.2) is 12.1 Å². The van der Waals surface area contributed by atoms with Gasteiger partial charge in [0.1, 0.15) is 6.04 Å². The van der Waals surface area contributed by atoms with Gasteiger partial charge in [0, 0.05) is 24.8 Å². The Hall–Kier alpha value is -2.08. The Labute approximate surface area is 124 Å². The van der Waals surface area contributed by atoms with Gasteiger partial charge in [-0.25, -0.2) is 0 Å². The number of nitrogen functional groups attached to an aromatic ring is 1. The number of hydrogen-bond donors (Lipinski definition) is 2. The van der Waals surface area contributed by atoms with Crippen LogP contribution in [0, 0.1) is 13.8 Å². The number of nitrogens with one attached hydrogen (secondary N) is 1. The molecule has 1 saturated heterocycles. The number of ether oxygens (including phenoxy) is 1. The fraction of sp³-hybridized carbons (Fsp3) is 0.467. The van der Waals surface area contributed by atoms with E-state index in [0.717, 1.165) is 11.1 Å². The normalized spacial score (nSPS) is 18.4. The number of morpholine rings is 1. The number of aryl methyl sites for hydroxylation is 2. The second-order valence-electron chi connectivity index (χ2n) is 5.23. The third kappa shape index (κ3) is 3.00. The van der Waals surface area contributed by atoms with Gasteiger partial charge in [0.05, 0.1) is 13.2 Å². The lowest BCUT2D eigenvalue weighted by molar-refractivity contribution is -0.130. The molecule has 1 aromatic rings. The molecular formula is C15H21N3O3. The molecule has 1 heterocycles. The first-order chi connectivity index (χ1) is 9.95. The van der Waals surface area contributed by atoms with E-state index in [1.54, 1.807) is 18.0 Å². The van der Waals surface area contributed by atoms with Crippen molar-refractivity contribution in [1.29, 1.82) is 0 Å². The summed E-state index contributed by atoms with van der Waals surface area (Å²) in [4.78, 5) is 26.2. The van der Waals surface area contributed by atoms with E-state index in [4.69, 9.17) is 10.5 Å². The molecule has 6 heteroatoms. The monoisotopic (exact) mass is 291 g/mol. The first kappa shape index (κ1) is 15.3. The zero-order valence-electron chi connectivity index (χ0n) is 12.6. The minimum atomic E-state index is -0.599. The van der Waals surface area contributed by atoms with Gasteiger partial charge < -0.3 is 20.7 Å². The number of hydrogen-bond acceptors (Lipinski definition) is 4. The summed E-state index contributed by atoms with van der Waals surface area (Å²) in [5.74, 6) is -0.406. The van der Waals surface area contributed by atoms with Crippen LogP contribution >= 0.6 is 0 Å². The number of likely N-dealkylation sites (N-methyl/N-ethyl adjacent to an activating group) is 1. The molecule has 1 unspecified atom stereocenters. The molecule has 0 aliphatic carbocycles. The molecule has 2 amide bonds. The molecule has 21 heavy (non-hydrogen) atoms. The molecule has 0 radical (unpaired) electrons. The Kier molecular flexibility index (Phi) is 4.47. The molecule has 3 N–H and O–H groups in total. The van der Waals surface area contributed by atoms with Crippen LogP contribution in [0.2, 0.25) is 0 Å². The summed E-state index contributed by atoms with van der Waals surface area (Å²) in [5, 5.41) is 2.57. The van der Waals surface area contributed by atoms with Gasteiger partial charge in [0.25, 0.3) is 5.91 Å². The van der Waals surface area contributed by atoms with Crippen LogP contribution in [-0.4, -0.2) is 49.6 Å². The minimum Gasteiger partial charge on any atom is -0.398 e. The number of rotatable bonds is 2. The van der Waals surface area contributed by atoms with Crippen LogP contribution in [0.4, 0.5) is 5.69 Å². The first-order valence-corrected chi connectivity index (χ1v) is 6.92. The largest absolute Gasteiger partial charge is 0.398 e. The molecule has 0 saturated carbocycles. The van der Waals surface area contributed by atoms with Gasteiger partial charge in [-0.05, 0) is 31.0 Å². The van der Waals surface area contributed by atoms with Crippen LogP contribution < -0.4 is 11.1 Å². The predicted molar refractivity (Wildman–Crippen MR) is 80.0 cm³/mol. The fourth-order valence-corrected chi connectivity index (χ4v) is 2.48. The quantitative estimate of drug-likeness (QED) is 0.776. The highest BCUT2D eigenvalue weighted by molar-refractivity contribution is 5.99.